The first kappa shape index (κ1) is 22.9. The van der Waals surface area contributed by atoms with Crippen molar-refractivity contribution in [2.45, 2.75) is 70.3 Å². The highest BCUT2D eigenvalue weighted by atomic mass is 79.9. The third-order valence-corrected chi connectivity index (χ3v) is 3.35. The van der Waals surface area contributed by atoms with Crippen LogP contribution in [0.3, 0.4) is 0 Å². The smallest absolute Gasteiger partial charge is 0.118 e. The minimum absolute atomic E-state index is 0.00509. The molecule has 5 unspecified atom stereocenters. The molecule has 0 aliphatic rings. The molecule has 5 nitrogen and oxygen atoms in total. The van der Waals surface area contributed by atoms with E-state index in [2.05, 4.69) is 22.9 Å². The van der Waals surface area contributed by atoms with E-state index in [1.807, 2.05) is 33.8 Å². The summed E-state index contributed by atoms with van der Waals surface area (Å²) in [5, 5.41) is 8.89. The zero-order valence-corrected chi connectivity index (χ0v) is 16.6. The maximum absolute atomic E-state index is 8.89. The Morgan fingerprint density at radius 1 is 0.826 bits per heavy atom. The molecule has 0 saturated heterocycles. The van der Waals surface area contributed by atoms with Crippen LogP contribution in [0.25, 0.3) is 0 Å². The molecule has 1 N–H and O–H groups in total. The SMILES string of the molecule is CC(Br)CC=COC(C)COC(C)COC(C)COC(C)CO. The van der Waals surface area contributed by atoms with Gasteiger partial charge in [-0.25, -0.2) is 0 Å². The van der Waals surface area contributed by atoms with Gasteiger partial charge in [0.15, 0.2) is 0 Å². The van der Waals surface area contributed by atoms with Gasteiger partial charge in [-0.3, -0.25) is 0 Å². The summed E-state index contributed by atoms with van der Waals surface area (Å²) in [7, 11) is 0. The summed E-state index contributed by atoms with van der Waals surface area (Å²) in [6.45, 7) is 11.3. The Balaban J connectivity index is 3.69. The van der Waals surface area contributed by atoms with E-state index in [1.54, 1.807) is 6.26 Å². The van der Waals surface area contributed by atoms with E-state index < -0.39 is 0 Å². The summed E-state index contributed by atoms with van der Waals surface area (Å²) in [6.07, 6.45) is 4.47. The predicted molar refractivity (Wildman–Crippen MR) is 96.0 cm³/mol. The van der Waals surface area contributed by atoms with Gasteiger partial charge in [-0.05, 0) is 40.2 Å². The lowest BCUT2D eigenvalue weighted by atomic mass is 10.3. The van der Waals surface area contributed by atoms with Crippen molar-refractivity contribution in [2.24, 2.45) is 0 Å². The summed E-state index contributed by atoms with van der Waals surface area (Å²) in [4.78, 5) is 0.456. The van der Waals surface area contributed by atoms with E-state index in [1.165, 1.54) is 0 Å². The van der Waals surface area contributed by atoms with Crippen molar-refractivity contribution < 1.29 is 24.1 Å². The monoisotopic (exact) mass is 396 g/mol. The molecule has 0 aliphatic heterocycles. The lowest BCUT2D eigenvalue weighted by Crippen LogP contribution is -2.27. The van der Waals surface area contributed by atoms with E-state index >= 15 is 0 Å². The van der Waals surface area contributed by atoms with Gasteiger partial charge in [-0.1, -0.05) is 22.9 Å². The number of ether oxygens (including phenoxy) is 4. The van der Waals surface area contributed by atoms with Gasteiger partial charge in [0.25, 0.3) is 0 Å². The number of aliphatic hydroxyl groups is 1. The minimum atomic E-state index is -0.159. The normalized spacial score (nSPS) is 18.6. The van der Waals surface area contributed by atoms with Crippen molar-refractivity contribution in [3.8, 4) is 0 Å². The summed E-state index contributed by atoms with van der Waals surface area (Å²) in [5.41, 5.74) is 0. The fourth-order valence-electron chi connectivity index (χ4n) is 1.52. The Morgan fingerprint density at radius 3 is 1.78 bits per heavy atom. The maximum Gasteiger partial charge on any atom is 0.118 e. The van der Waals surface area contributed by atoms with Gasteiger partial charge in [-0.2, -0.15) is 0 Å². The van der Waals surface area contributed by atoms with Crippen LogP contribution in [0.2, 0.25) is 0 Å². The first-order chi connectivity index (χ1) is 10.8. The van der Waals surface area contributed by atoms with Crippen LogP contribution in [0.4, 0.5) is 0 Å². The molecule has 5 atom stereocenters. The molecular formula is C17H33BrO5. The molecular weight excluding hydrogens is 364 g/mol. The fourth-order valence-corrected chi connectivity index (χ4v) is 1.74. The van der Waals surface area contributed by atoms with E-state index in [0.29, 0.717) is 24.6 Å². The van der Waals surface area contributed by atoms with Crippen LogP contribution in [0, 0.1) is 0 Å². The first-order valence-electron chi connectivity index (χ1n) is 8.25. The summed E-state index contributed by atoms with van der Waals surface area (Å²) in [5.74, 6) is 0. The van der Waals surface area contributed by atoms with Crippen molar-refractivity contribution >= 4 is 15.9 Å². The topological polar surface area (TPSA) is 57.2 Å². The largest absolute Gasteiger partial charge is 0.496 e. The molecule has 0 bridgehead atoms. The van der Waals surface area contributed by atoms with E-state index in [4.69, 9.17) is 24.1 Å². The Bertz CT molecular complexity index is 299. The summed E-state index contributed by atoms with van der Waals surface area (Å²) >= 11 is 3.48. The first-order valence-corrected chi connectivity index (χ1v) is 9.16. The van der Waals surface area contributed by atoms with Crippen LogP contribution in [-0.2, 0) is 18.9 Å². The van der Waals surface area contributed by atoms with E-state index in [0.717, 1.165) is 6.42 Å². The third-order valence-electron chi connectivity index (χ3n) is 2.97. The standard InChI is InChI=1S/C17H33BrO5/c1-13(18)7-6-8-20-15(3)10-22-17(5)12-23-16(4)11-21-14(2)9-19/h6,8,13-17,19H,7,9-12H2,1-5H3. The highest BCUT2D eigenvalue weighted by molar-refractivity contribution is 9.09. The quantitative estimate of drug-likeness (QED) is 0.360. The van der Waals surface area contributed by atoms with Crippen molar-refractivity contribution in [2.75, 3.05) is 26.4 Å². The van der Waals surface area contributed by atoms with Gasteiger partial charge in [0.1, 0.15) is 6.10 Å². The van der Waals surface area contributed by atoms with Crippen molar-refractivity contribution in [1.82, 2.24) is 0 Å². The zero-order valence-electron chi connectivity index (χ0n) is 15.0. The van der Waals surface area contributed by atoms with Crippen molar-refractivity contribution in [3.63, 3.8) is 0 Å². The van der Waals surface area contributed by atoms with Crippen LogP contribution < -0.4 is 0 Å². The molecule has 138 valence electrons. The Labute approximate surface area is 149 Å². The fraction of sp³-hybridized carbons (Fsp3) is 0.882. The number of aliphatic hydroxyl groups excluding tert-OH is 1. The highest BCUT2D eigenvalue weighted by Gasteiger charge is 2.10. The van der Waals surface area contributed by atoms with Crippen LogP contribution in [-0.4, -0.2) is 60.8 Å². The molecule has 0 heterocycles. The molecule has 0 aromatic carbocycles. The second-order valence-corrected chi connectivity index (χ2v) is 7.51. The summed E-state index contributed by atoms with van der Waals surface area (Å²) in [6, 6.07) is 0. The Morgan fingerprint density at radius 2 is 1.30 bits per heavy atom. The average Bonchev–Trinajstić information content (AvgIpc) is 2.52. The number of hydrogen-bond donors (Lipinski definition) is 1. The van der Waals surface area contributed by atoms with Crippen molar-refractivity contribution in [3.05, 3.63) is 12.3 Å². The van der Waals surface area contributed by atoms with Gasteiger partial charge < -0.3 is 24.1 Å². The molecule has 0 amide bonds. The number of allylic oxidation sites excluding steroid dienone is 1. The lowest BCUT2D eigenvalue weighted by molar-refractivity contribution is -0.0833. The van der Waals surface area contributed by atoms with Crippen LogP contribution >= 0.6 is 15.9 Å². The Hall–Kier alpha value is -0.140. The predicted octanol–water partition coefficient (Wildman–Crippen LogP) is 3.29. The van der Waals surface area contributed by atoms with Crippen molar-refractivity contribution in [1.29, 1.82) is 0 Å². The van der Waals surface area contributed by atoms with Gasteiger partial charge in [0, 0.05) is 4.83 Å². The summed E-state index contributed by atoms with van der Waals surface area (Å²) < 4.78 is 22.3. The zero-order chi connectivity index (χ0) is 17.7. The molecule has 0 aromatic rings. The molecule has 0 aromatic heterocycles. The molecule has 0 spiro atoms. The number of hydrogen-bond acceptors (Lipinski definition) is 5. The van der Waals surface area contributed by atoms with Crippen LogP contribution in [0.1, 0.15) is 41.0 Å². The molecule has 23 heavy (non-hydrogen) atoms. The molecule has 0 radical (unpaired) electrons. The molecule has 6 heteroatoms. The molecule has 0 rings (SSSR count). The maximum atomic E-state index is 8.89. The molecule has 0 aliphatic carbocycles. The second kappa shape index (κ2) is 14.2. The van der Waals surface area contributed by atoms with Gasteiger partial charge >= 0.3 is 0 Å². The number of alkyl halides is 1. The van der Waals surface area contributed by atoms with Gasteiger partial charge in [0.2, 0.25) is 0 Å². The highest BCUT2D eigenvalue weighted by Crippen LogP contribution is 2.05. The minimum Gasteiger partial charge on any atom is -0.496 e. The second-order valence-electron chi connectivity index (χ2n) is 5.95. The Kier molecular flexibility index (Phi) is 14.1. The third kappa shape index (κ3) is 15.1. The molecule has 0 fully saturated rings. The average molecular weight is 397 g/mol. The van der Waals surface area contributed by atoms with E-state index in [9.17, 15) is 0 Å². The van der Waals surface area contributed by atoms with Crippen LogP contribution in [0.15, 0.2) is 12.3 Å². The van der Waals surface area contributed by atoms with E-state index in [-0.39, 0.29) is 31.0 Å². The van der Waals surface area contributed by atoms with Gasteiger partial charge in [0.05, 0.1) is 51.0 Å². The molecule has 0 saturated carbocycles. The lowest BCUT2D eigenvalue weighted by Gasteiger charge is -2.20. The number of halogens is 1. The van der Waals surface area contributed by atoms with Crippen LogP contribution in [0.5, 0.6) is 0 Å². The number of rotatable bonds is 14. The van der Waals surface area contributed by atoms with Gasteiger partial charge in [-0.15, -0.1) is 0 Å².